The van der Waals surface area contributed by atoms with E-state index in [0.29, 0.717) is 5.41 Å². The number of hydrogen-bond acceptors (Lipinski definition) is 2. The van der Waals surface area contributed by atoms with Gasteiger partial charge in [0, 0.05) is 27.8 Å². The van der Waals surface area contributed by atoms with Crippen LogP contribution in [0.1, 0.15) is 44.1 Å². The second-order valence-electron chi connectivity index (χ2n) is 17.6. The lowest BCUT2D eigenvalue weighted by molar-refractivity contribution is -0.00518. The molecule has 0 spiro atoms. The predicted molar refractivity (Wildman–Crippen MR) is 242 cm³/mol. The monoisotopic (exact) mass is 747 g/mol. The van der Waals surface area contributed by atoms with E-state index in [-0.39, 0.29) is 0 Å². The van der Waals surface area contributed by atoms with Crippen LogP contribution >= 0.6 is 0 Å². The molecule has 13 rings (SSSR count). The molecule has 4 aliphatic rings. The summed E-state index contributed by atoms with van der Waals surface area (Å²) in [4.78, 5) is 2.38. The topological polar surface area (TPSA) is 16.4 Å². The van der Waals surface area contributed by atoms with Crippen LogP contribution < -0.4 is 4.90 Å². The molecule has 2 nitrogen and oxygen atoms in total. The Labute approximate surface area is 340 Å². The van der Waals surface area contributed by atoms with Gasteiger partial charge in [0.1, 0.15) is 11.2 Å². The fourth-order valence-electron chi connectivity index (χ4n) is 11.8. The van der Waals surface area contributed by atoms with Crippen molar-refractivity contribution in [3.63, 3.8) is 0 Å². The zero-order chi connectivity index (χ0) is 38.2. The number of anilines is 3. The molecule has 1 aromatic heterocycles. The highest BCUT2D eigenvalue weighted by Crippen LogP contribution is 2.60. The fraction of sp³-hybridized carbons (Fsp3) is 0.179. The van der Waals surface area contributed by atoms with Gasteiger partial charge in [0.2, 0.25) is 0 Å². The number of fused-ring (bicyclic) bond motifs is 4. The smallest absolute Gasteiger partial charge is 0.135 e. The largest absolute Gasteiger partial charge is 0.456 e. The molecule has 4 aliphatic carbocycles. The Morgan fingerprint density at radius 3 is 1.57 bits per heavy atom. The van der Waals surface area contributed by atoms with Gasteiger partial charge in [0.05, 0.1) is 0 Å². The van der Waals surface area contributed by atoms with Crippen molar-refractivity contribution in [1.82, 2.24) is 0 Å². The normalized spacial score (nSPS) is 20.9. The van der Waals surface area contributed by atoms with Gasteiger partial charge in [-0.15, -0.1) is 0 Å². The molecule has 1 heterocycles. The quantitative estimate of drug-likeness (QED) is 0.161. The summed E-state index contributed by atoms with van der Waals surface area (Å²) in [6, 6.07) is 66.9. The van der Waals surface area contributed by atoms with E-state index in [1.54, 1.807) is 5.56 Å². The van der Waals surface area contributed by atoms with Crippen LogP contribution in [0.4, 0.5) is 17.1 Å². The predicted octanol–water partition coefficient (Wildman–Crippen LogP) is 15.7. The average Bonchev–Trinajstić information content (AvgIpc) is 3.65. The molecule has 0 amide bonds. The molecule has 4 saturated carbocycles. The molecule has 0 atom stereocenters. The van der Waals surface area contributed by atoms with Crippen LogP contribution in [0.3, 0.4) is 0 Å². The molecular weight excluding hydrogens is 703 g/mol. The molecule has 9 aromatic rings. The molecule has 0 aliphatic heterocycles. The van der Waals surface area contributed by atoms with Crippen molar-refractivity contribution in [2.24, 2.45) is 17.8 Å². The van der Waals surface area contributed by atoms with Gasteiger partial charge in [-0.2, -0.15) is 0 Å². The molecule has 280 valence electrons. The number of hydrogen-bond donors (Lipinski definition) is 0. The summed E-state index contributed by atoms with van der Waals surface area (Å²) in [7, 11) is 0. The lowest BCUT2D eigenvalue weighted by Gasteiger charge is -2.57. The molecule has 4 bridgehead atoms. The molecule has 58 heavy (non-hydrogen) atoms. The molecular formula is C56H45NO. The fourth-order valence-corrected chi connectivity index (χ4v) is 11.8. The Kier molecular flexibility index (Phi) is 7.76. The van der Waals surface area contributed by atoms with E-state index in [1.807, 2.05) is 6.07 Å². The van der Waals surface area contributed by atoms with E-state index in [1.165, 1.54) is 82.7 Å². The maximum atomic E-state index is 6.26. The molecule has 2 heteroatoms. The summed E-state index contributed by atoms with van der Waals surface area (Å²) in [6.07, 6.45) is 8.66. The Hall–Kier alpha value is -6.38. The number of benzene rings is 8. The van der Waals surface area contributed by atoms with E-state index < -0.39 is 0 Å². The first-order valence-corrected chi connectivity index (χ1v) is 21.2. The van der Waals surface area contributed by atoms with Gasteiger partial charge in [0.15, 0.2) is 0 Å². The minimum Gasteiger partial charge on any atom is -0.456 e. The van der Waals surface area contributed by atoms with E-state index in [9.17, 15) is 0 Å². The van der Waals surface area contributed by atoms with Crippen molar-refractivity contribution >= 4 is 49.8 Å². The Bertz CT molecular complexity index is 2920. The lowest BCUT2D eigenvalue weighted by Crippen LogP contribution is -2.48. The van der Waals surface area contributed by atoms with Gasteiger partial charge in [-0.25, -0.2) is 0 Å². The Morgan fingerprint density at radius 2 is 0.931 bits per heavy atom. The van der Waals surface area contributed by atoms with Crippen LogP contribution in [0.2, 0.25) is 0 Å². The third-order valence-corrected chi connectivity index (χ3v) is 14.0. The van der Waals surface area contributed by atoms with Crippen LogP contribution in [0.5, 0.6) is 0 Å². The first-order chi connectivity index (χ1) is 28.6. The van der Waals surface area contributed by atoms with E-state index in [0.717, 1.165) is 56.8 Å². The van der Waals surface area contributed by atoms with Gasteiger partial charge < -0.3 is 9.32 Å². The van der Waals surface area contributed by atoms with Gasteiger partial charge in [-0.1, -0.05) is 133 Å². The van der Waals surface area contributed by atoms with Crippen molar-refractivity contribution in [3.8, 4) is 33.4 Å². The zero-order valence-corrected chi connectivity index (χ0v) is 32.7. The summed E-state index contributed by atoms with van der Waals surface area (Å²) in [5.41, 5.74) is 14.6. The molecule has 0 saturated heterocycles. The van der Waals surface area contributed by atoms with Crippen LogP contribution in [0.25, 0.3) is 66.1 Å². The molecule has 8 aromatic carbocycles. The molecule has 4 fully saturated rings. The first-order valence-electron chi connectivity index (χ1n) is 21.2. The van der Waals surface area contributed by atoms with Crippen molar-refractivity contribution in [1.29, 1.82) is 0 Å². The van der Waals surface area contributed by atoms with E-state index in [4.69, 9.17) is 4.42 Å². The Morgan fingerprint density at radius 1 is 0.414 bits per heavy atom. The van der Waals surface area contributed by atoms with Crippen molar-refractivity contribution in [2.45, 2.75) is 43.9 Å². The zero-order valence-electron chi connectivity index (χ0n) is 32.7. The van der Waals surface area contributed by atoms with Crippen molar-refractivity contribution in [3.05, 3.63) is 188 Å². The third-order valence-electron chi connectivity index (χ3n) is 14.0. The van der Waals surface area contributed by atoms with Crippen LogP contribution in [-0.4, -0.2) is 0 Å². The van der Waals surface area contributed by atoms with Crippen molar-refractivity contribution < 1.29 is 4.42 Å². The summed E-state index contributed by atoms with van der Waals surface area (Å²) >= 11 is 0. The second kappa shape index (κ2) is 13.4. The summed E-state index contributed by atoms with van der Waals surface area (Å²) < 4.78 is 6.26. The summed E-state index contributed by atoms with van der Waals surface area (Å²) in [6.45, 7) is 0. The van der Waals surface area contributed by atoms with Crippen LogP contribution in [-0.2, 0) is 5.41 Å². The molecule has 0 unspecified atom stereocenters. The third kappa shape index (κ3) is 5.61. The number of nitrogens with zero attached hydrogens (tertiary/aromatic N) is 1. The summed E-state index contributed by atoms with van der Waals surface area (Å²) in [5, 5.41) is 4.77. The molecule has 0 radical (unpaired) electrons. The highest BCUT2D eigenvalue weighted by atomic mass is 16.3. The van der Waals surface area contributed by atoms with Gasteiger partial charge >= 0.3 is 0 Å². The Balaban J connectivity index is 0.919. The van der Waals surface area contributed by atoms with Gasteiger partial charge in [-0.05, 0) is 160 Å². The number of rotatable bonds is 7. The highest BCUT2D eigenvalue weighted by Gasteiger charge is 2.51. The SMILES string of the molecule is c1ccc(-c2cccc3cccc(-c4ccc(N(c5ccc(-c6ccc(C78CC9CC(CC(C9)C7)C8)cc6)cc5)c5ccc6oc7ccccc7c6c5)cc4)c23)cc1. The van der Waals surface area contributed by atoms with Gasteiger partial charge in [-0.3, -0.25) is 0 Å². The van der Waals surface area contributed by atoms with E-state index >= 15 is 0 Å². The van der Waals surface area contributed by atoms with E-state index in [2.05, 4.69) is 181 Å². The average molecular weight is 748 g/mol. The maximum absolute atomic E-state index is 6.26. The van der Waals surface area contributed by atoms with Crippen LogP contribution in [0, 0.1) is 17.8 Å². The van der Waals surface area contributed by atoms with Crippen molar-refractivity contribution in [2.75, 3.05) is 4.90 Å². The van der Waals surface area contributed by atoms with Gasteiger partial charge in [0.25, 0.3) is 0 Å². The minimum atomic E-state index is 0.423. The first kappa shape index (κ1) is 33.7. The number of para-hydroxylation sites is 1. The molecule has 0 N–H and O–H groups in total. The minimum absolute atomic E-state index is 0.423. The number of furan rings is 1. The van der Waals surface area contributed by atoms with Crippen LogP contribution in [0.15, 0.2) is 186 Å². The highest BCUT2D eigenvalue weighted by molar-refractivity contribution is 6.08. The maximum Gasteiger partial charge on any atom is 0.135 e. The second-order valence-corrected chi connectivity index (χ2v) is 17.6. The summed E-state index contributed by atoms with van der Waals surface area (Å²) in [5.74, 6) is 2.86. The standard InChI is InChI=1S/C56H45NO/c1-2-8-42(9-3-1)49-13-6-10-44-11-7-14-50(55(44)49)43-20-26-47(27-21-43)57(48-28-29-54-52(33-48)51-12-4-5-15-53(51)58-54)46-24-18-41(19-25-46)40-16-22-45(23-17-40)56-34-37-30-38(35-56)32-39(31-37)36-56/h1-29,33,37-39H,30-32,34-36H2. The lowest BCUT2D eigenvalue weighted by atomic mass is 9.48.